The standard InChI is InChI=1S/C17H13F3N2O/c1-22-9-10(11-4-2-3-5-14(11)22)8-15(23)21-13-7-6-12(18)16(19)17(13)20/h2-7,9H,8H2,1H3,(H,21,23). The molecule has 0 aliphatic carbocycles. The number of nitrogens with one attached hydrogen (secondary N) is 1. The Balaban J connectivity index is 1.83. The van der Waals surface area contributed by atoms with Gasteiger partial charge in [-0.25, -0.2) is 13.2 Å². The van der Waals surface area contributed by atoms with Crippen LogP contribution in [0.15, 0.2) is 42.6 Å². The minimum absolute atomic E-state index is 0.000210. The largest absolute Gasteiger partial charge is 0.350 e. The van der Waals surface area contributed by atoms with E-state index < -0.39 is 23.4 Å². The number of carbonyl (C=O) groups excluding carboxylic acids is 1. The summed E-state index contributed by atoms with van der Waals surface area (Å²) in [5.41, 5.74) is 1.35. The lowest BCUT2D eigenvalue weighted by Gasteiger charge is -2.07. The van der Waals surface area contributed by atoms with Crippen molar-refractivity contribution in [1.29, 1.82) is 0 Å². The van der Waals surface area contributed by atoms with Crippen LogP contribution in [0.3, 0.4) is 0 Å². The average Bonchev–Trinajstić information content (AvgIpc) is 2.85. The smallest absolute Gasteiger partial charge is 0.228 e. The maximum Gasteiger partial charge on any atom is 0.228 e. The van der Waals surface area contributed by atoms with Crippen LogP contribution in [0.25, 0.3) is 10.9 Å². The van der Waals surface area contributed by atoms with E-state index in [0.717, 1.165) is 28.6 Å². The highest BCUT2D eigenvalue weighted by Gasteiger charge is 2.16. The fraction of sp³-hybridized carbons (Fsp3) is 0.118. The summed E-state index contributed by atoms with van der Waals surface area (Å²) in [6.45, 7) is 0. The average molecular weight is 318 g/mol. The molecule has 0 saturated carbocycles. The zero-order chi connectivity index (χ0) is 16.6. The molecular formula is C17H13F3N2O. The Bertz CT molecular complexity index is 902. The molecule has 3 aromatic rings. The Kier molecular flexibility index (Phi) is 3.82. The van der Waals surface area contributed by atoms with Gasteiger partial charge in [-0.05, 0) is 23.8 Å². The van der Waals surface area contributed by atoms with Crippen molar-refractivity contribution < 1.29 is 18.0 Å². The number of para-hydroxylation sites is 1. The van der Waals surface area contributed by atoms with Crippen LogP contribution in [0, 0.1) is 17.5 Å². The number of benzene rings is 2. The SMILES string of the molecule is Cn1cc(CC(=O)Nc2ccc(F)c(F)c2F)c2ccccc21. The van der Waals surface area contributed by atoms with Gasteiger partial charge in [0.1, 0.15) is 0 Å². The van der Waals surface area contributed by atoms with E-state index in [1.165, 1.54) is 0 Å². The molecule has 1 aromatic heterocycles. The Morgan fingerprint density at radius 1 is 1.09 bits per heavy atom. The lowest BCUT2D eigenvalue weighted by molar-refractivity contribution is -0.115. The lowest BCUT2D eigenvalue weighted by Crippen LogP contribution is -2.16. The van der Waals surface area contributed by atoms with E-state index in [0.29, 0.717) is 0 Å². The minimum atomic E-state index is -1.60. The predicted octanol–water partition coefficient (Wildman–Crippen LogP) is 3.78. The molecule has 118 valence electrons. The Labute approximate surface area is 130 Å². The number of amides is 1. The van der Waals surface area contributed by atoms with Crippen molar-refractivity contribution in [1.82, 2.24) is 4.57 Å². The molecule has 3 nitrogen and oxygen atoms in total. The molecule has 1 heterocycles. The number of rotatable bonds is 3. The Hall–Kier alpha value is -2.76. The third-order valence-corrected chi connectivity index (χ3v) is 3.64. The van der Waals surface area contributed by atoms with Crippen molar-refractivity contribution in [3.05, 3.63) is 65.6 Å². The van der Waals surface area contributed by atoms with Crippen LogP contribution in [0.4, 0.5) is 18.9 Å². The zero-order valence-electron chi connectivity index (χ0n) is 12.2. The molecule has 6 heteroatoms. The van der Waals surface area contributed by atoms with E-state index in [2.05, 4.69) is 5.32 Å². The first-order valence-corrected chi connectivity index (χ1v) is 6.93. The van der Waals surface area contributed by atoms with Gasteiger partial charge in [-0.2, -0.15) is 0 Å². The van der Waals surface area contributed by atoms with Gasteiger partial charge in [0, 0.05) is 24.1 Å². The van der Waals surface area contributed by atoms with E-state index in [9.17, 15) is 18.0 Å². The molecule has 1 amide bonds. The number of hydrogen-bond acceptors (Lipinski definition) is 1. The number of fused-ring (bicyclic) bond motifs is 1. The molecule has 3 rings (SSSR count). The van der Waals surface area contributed by atoms with Crippen molar-refractivity contribution in [2.24, 2.45) is 7.05 Å². The van der Waals surface area contributed by atoms with Crippen molar-refractivity contribution >= 4 is 22.5 Å². The number of aromatic nitrogens is 1. The highest BCUT2D eigenvalue weighted by atomic mass is 19.2. The van der Waals surface area contributed by atoms with E-state index >= 15 is 0 Å². The summed E-state index contributed by atoms with van der Waals surface area (Å²) in [4.78, 5) is 12.1. The van der Waals surface area contributed by atoms with Crippen molar-refractivity contribution in [3.8, 4) is 0 Å². The maximum absolute atomic E-state index is 13.6. The van der Waals surface area contributed by atoms with Crippen LogP contribution in [-0.2, 0) is 18.3 Å². The Morgan fingerprint density at radius 2 is 1.83 bits per heavy atom. The molecule has 0 saturated heterocycles. The van der Waals surface area contributed by atoms with Gasteiger partial charge in [0.25, 0.3) is 0 Å². The molecule has 0 aliphatic rings. The molecule has 2 aromatic carbocycles. The number of hydrogen-bond donors (Lipinski definition) is 1. The summed E-state index contributed by atoms with van der Waals surface area (Å²) < 4.78 is 41.5. The highest BCUT2D eigenvalue weighted by molar-refractivity contribution is 5.96. The van der Waals surface area contributed by atoms with Gasteiger partial charge in [0.2, 0.25) is 5.91 Å². The number of nitrogens with zero attached hydrogens (tertiary/aromatic N) is 1. The Morgan fingerprint density at radius 3 is 2.61 bits per heavy atom. The fourth-order valence-electron chi connectivity index (χ4n) is 2.56. The molecule has 23 heavy (non-hydrogen) atoms. The van der Waals surface area contributed by atoms with Gasteiger partial charge in [0.05, 0.1) is 12.1 Å². The van der Waals surface area contributed by atoms with Gasteiger partial charge in [0.15, 0.2) is 17.5 Å². The van der Waals surface area contributed by atoms with Crippen molar-refractivity contribution in [2.75, 3.05) is 5.32 Å². The molecule has 0 unspecified atom stereocenters. The summed E-state index contributed by atoms with van der Waals surface area (Å²) in [5, 5.41) is 3.18. The summed E-state index contributed by atoms with van der Waals surface area (Å²) >= 11 is 0. The van der Waals surface area contributed by atoms with Crippen LogP contribution >= 0.6 is 0 Å². The highest BCUT2D eigenvalue weighted by Crippen LogP contribution is 2.22. The molecule has 0 fully saturated rings. The molecule has 0 atom stereocenters. The molecule has 0 radical (unpaired) electrons. The third kappa shape index (κ3) is 2.79. The third-order valence-electron chi connectivity index (χ3n) is 3.64. The topological polar surface area (TPSA) is 34.0 Å². The van der Waals surface area contributed by atoms with E-state index in [1.807, 2.05) is 42.1 Å². The first-order chi connectivity index (χ1) is 11.0. The second-order valence-corrected chi connectivity index (χ2v) is 5.23. The van der Waals surface area contributed by atoms with E-state index in [1.54, 1.807) is 0 Å². The number of aryl methyl sites for hydroxylation is 1. The monoisotopic (exact) mass is 318 g/mol. The van der Waals surface area contributed by atoms with Crippen LogP contribution < -0.4 is 5.32 Å². The summed E-state index contributed by atoms with van der Waals surface area (Å²) in [5.74, 6) is -4.81. The first kappa shape index (κ1) is 15.1. The second-order valence-electron chi connectivity index (χ2n) is 5.23. The van der Waals surface area contributed by atoms with Crippen LogP contribution in [-0.4, -0.2) is 10.5 Å². The number of carbonyl (C=O) groups is 1. The maximum atomic E-state index is 13.6. The van der Waals surface area contributed by atoms with Gasteiger partial charge in [-0.1, -0.05) is 18.2 Å². The molecule has 0 spiro atoms. The van der Waals surface area contributed by atoms with Gasteiger partial charge in [-0.3, -0.25) is 4.79 Å². The number of anilines is 1. The van der Waals surface area contributed by atoms with E-state index in [-0.39, 0.29) is 12.1 Å². The normalized spacial score (nSPS) is 11.0. The fourth-order valence-corrected chi connectivity index (χ4v) is 2.56. The second kappa shape index (κ2) is 5.79. The summed E-state index contributed by atoms with van der Waals surface area (Å²) in [6.07, 6.45) is 1.81. The minimum Gasteiger partial charge on any atom is -0.350 e. The van der Waals surface area contributed by atoms with Crippen LogP contribution in [0.1, 0.15) is 5.56 Å². The predicted molar refractivity (Wildman–Crippen MR) is 81.6 cm³/mol. The van der Waals surface area contributed by atoms with Crippen LogP contribution in [0.2, 0.25) is 0 Å². The zero-order valence-corrected chi connectivity index (χ0v) is 12.2. The quantitative estimate of drug-likeness (QED) is 0.733. The van der Waals surface area contributed by atoms with Crippen molar-refractivity contribution in [2.45, 2.75) is 6.42 Å². The summed E-state index contributed by atoms with van der Waals surface area (Å²) in [6, 6.07) is 9.32. The molecular weight excluding hydrogens is 305 g/mol. The summed E-state index contributed by atoms with van der Waals surface area (Å²) in [7, 11) is 1.86. The van der Waals surface area contributed by atoms with Gasteiger partial charge >= 0.3 is 0 Å². The van der Waals surface area contributed by atoms with Crippen molar-refractivity contribution in [3.63, 3.8) is 0 Å². The number of halogens is 3. The lowest BCUT2D eigenvalue weighted by atomic mass is 10.1. The van der Waals surface area contributed by atoms with Gasteiger partial charge in [-0.15, -0.1) is 0 Å². The van der Waals surface area contributed by atoms with Gasteiger partial charge < -0.3 is 9.88 Å². The molecule has 0 aliphatic heterocycles. The van der Waals surface area contributed by atoms with E-state index in [4.69, 9.17) is 0 Å². The van der Waals surface area contributed by atoms with Crippen LogP contribution in [0.5, 0.6) is 0 Å². The first-order valence-electron chi connectivity index (χ1n) is 6.93. The molecule has 1 N–H and O–H groups in total. The molecule has 0 bridgehead atoms.